The van der Waals surface area contributed by atoms with Crippen LogP contribution in [0.4, 0.5) is 0 Å². The van der Waals surface area contributed by atoms with Gasteiger partial charge in [-0.15, -0.1) is 0 Å². The smallest absolute Gasteiger partial charge is 0.227 e. The highest BCUT2D eigenvalue weighted by molar-refractivity contribution is 5.89. The number of benzene rings is 4. The van der Waals surface area contributed by atoms with Gasteiger partial charge in [0.2, 0.25) is 5.91 Å². The molecule has 7 rings (SSSR count). The van der Waals surface area contributed by atoms with Crippen LogP contribution >= 0.6 is 0 Å². The number of hydrogen-bond donors (Lipinski definition) is 1. The molecule has 0 fully saturated rings. The van der Waals surface area contributed by atoms with Crippen molar-refractivity contribution in [3.05, 3.63) is 119 Å². The number of carbonyl (C=O) groups excluding carboxylic acids is 1. The Morgan fingerprint density at radius 3 is 2.06 bits per heavy atom. The van der Waals surface area contributed by atoms with Crippen LogP contribution < -0.4 is 5.32 Å². The van der Waals surface area contributed by atoms with Gasteiger partial charge in [0.05, 0.1) is 11.5 Å². The largest absolute Gasteiger partial charge is 0.349 e. The van der Waals surface area contributed by atoms with Crippen molar-refractivity contribution in [2.45, 2.75) is 38.1 Å². The molecule has 158 valence electrons. The molecule has 2 nitrogen and oxygen atoms in total. The molecular weight excluding hydrogens is 390 g/mol. The van der Waals surface area contributed by atoms with Gasteiger partial charge in [0.15, 0.2) is 0 Å². The summed E-state index contributed by atoms with van der Waals surface area (Å²) in [6.45, 7) is 4.27. The average Bonchev–Trinajstić information content (AvgIpc) is 2.83. The summed E-state index contributed by atoms with van der Waals surface area (Å²) in [6.07, 6.45) is 0.847. The molecule has 1 unspecified atom stereocenters. The first-order valence-corrected chi connectivity index (χ1v) is 11.5. The van der Waals surface area contributed by atoms with Gasteiger partial charge in [-0.05, 0) is 58.9 Å². The molecular formula is C30H27NO. The summed E-state index contributed by atoms with van der Waals surface area (Å²) in [5, 5.41) is 5.81. The van der Waals surface area contributed by atoms with Crippen LogP contribution in [0.5, 0.6) is 0 Å². The van der Waals surface area contributed by atoms with Gasteiger partial charge in [0, 0.05) is 11.8 Å². The molecule has 2 heteroatoms. The fraction of sp³-hybridized carbons (Fsp3) is 0.233. The summed E-state index contributed by atoms with van der Waals surface area (Å²) < 4.78 is 0. The van der Waals surface area contributed by atoms with Crippen molar-refractivity contribution in [2.24, 2.45) is 5.41 Å². The van der Waals surface area contributed by atoms with Gasteiger partial charge in [0.1, 0.15) is 0 Å². The molecule has 32 heavy (non-hydrogen) atoms. The molecule has 3 aliphatic rings. The highest BCUT2D eigenvalue weighted by atomic mass is 16.2. The van der Waals surface area contributed by atoms with Crippen molar-refractivity contribution in [3.8, 4) is 0 Å². The van der Waals surface area contributed by atoms with Crippen LogP contribution in [-0.2, 0) is 4.79 Å². The Bertz CT molecular complexity index is 1300. The van der Waals surface area contributed by atoms with E-state index in [1.807, 2.05) is 0 Å². The van der Waals surface area contributed by atoms with Gasteiger partial charge in [-0.3, -0.25) is 4.79 Å². The summed E-state index contributed by atoms with van der Waals surface area (Å²) in [5.41, 5.74) is 6.11. The van der Waals surface area contributed by atoms with Crippen LogP contribution in [0, 0.1) is 5.41 Å². The third-order valence-electron chi connectivity index (χ3n) is 7.79. The quantitative estimate of drug-likeness (QED) is 0.395. The van der Waals surface area contributed by atoms with E-state index in [2.05, 4.69) is 110 Å². The summed E-state index contributed by atoms with van der Waals surface area (Å²) in [5.74, 6) is 0.507. The molecule has 0 saturated heterocycles. The van der Waals surface area contributed by atoms with Gasteiger partial charge in [-0.1, -0.05) is 91.0 Å². The van der Waals surface area contributed by atoms with Crippen molar-refractivity contribution in [1.29, 1.82) is 0 Å². The van der Waals surface area contributed by atoms with Crippen molar-refractivity contribution in [2.75, 3.05) is 0 Å². The summed E-state index contributed by atoms with van der Waals surface area (Å²) >= 11 is 0. The molecule has 3 aliphatic carbocycles. The number of hydrogen-bond acceptors (Lipinski definition) is 1. The van der Waals surface area contributed by atoms with Crippen molar-refractivity contribution in [3.63, 3.8) is 0 Å². The number of nitrogens with one attached hydrogen (secondary N) is 1. The zero-order valence-electron chi connectivity index (χ0n) is 18.5. The zero-order chi connectivity index (χ0) is 21.9. The molecule has 0 radical (unpaired) electrons. The molecule has 0 aromatic heterocycles. The summed E-state index contributed by atoms with van der Waals surface area (Å²) in [6, 6.07) is 32.1. The van der Waals surface area contributed by atoms with E-state index in [0.717, 1.165) is 6.42 Å². The highest BCUT2D eigenvalue weighted by Crippen LogP contribution is 2.61. The van der Waals surface area contributed by atoms with Crippen LogP contribution in [0.25, 0.3) is 10.8 Å². The van der Waals surface area contributed by atoms with Gasteiger partial charge < -0.3 is 5.32 Å². The second-order valence-electron chi connectivity index (χ2n) is 9.63. The van der Waals surface area contributed by atoms with E-state index in [0.29, 0.717) is 0 Å². The standard InChI is InChI=1S/C30H27NO/c1-19(21-17-9-11-20-10-3-4-12-22(20)21)31-29(32)30(2)18-27-23-13-5-7-15-25(23)28(30)26-16-8-6-14-24(26)27/h3-17,19,27-28H,18H2,1-2H3,(H,31,32)/t19-,27?,28?,30?/m1/s1. The lowest BCUT2D eigenvalue weighted by atomic mass is 9.52. The molecule has 1 N–H and O–H groups in total. The first-order valence-electron chi connectivity index (χ1n) is 11.5. The number of carbonyl (C=O) groups is 1. The molecule has 0 heterocycles. The van der Waals surface area contributed by atoms with Gasteiger partial charge >= 0.3 is 0 Å². The van der Waals surface area contributed by atoms with Crippen molar-refractivity contribution in [1.82, 2.24) is 5.32 Å². The Hall–Kier alpha value is -3.39. The predicted octanol–water partition coefficient (Wildman–Crippen LogP) is 6.70. The molecule has 0 spiro atoms. The second-order valence-corrected chi connectivity index (χ2v) is 9.63. The topological polar surface area (TPSA) is 29.1 Å². The van der Waals surface area contributed by atoms with Gasteiger partial charge in [-0.25, -0.2) is 0 Å². The summed E-state index contributed by atoms with van der Waals surface area (Å²) in [4.78, 5) is 13.9. The zero-order valence-corrected chi connectivity index (χ0v) is 18.5. The lowest BCUT2D eigenvalue weighted by molar-refractivity contribution is -0.133. The van der Waals surface area contributed by atoms with Crippen LogP contribution in [0.15, 0.2) is 91.0 Å². The number of amides is 1. The molecule has 4 aromatic carbocycles. The van der Waals surface area contributed by atoms with Crippen molar-refractivity contribution < 1.29 is 4.79 Å². The number of rotatable bonds is 3. The minimum absolute atomic E-state index is 0.0589. The molecule has 2 atom stereocenters. The van der Waals surface area contributed by atoms with Crippen LogP contribution in [0.1, 0.15) is 66.0 Å². The first-order chi connectivity index (χ1) is 15.6. The average molecular weight is 418 g/mol. The van der Waals surface area contributed by atoms with Crippen LogP contribution in [0.3, 0.4) is 0 Å². The predicted molar refractivity (Wildman–Crippen MR) is 130 cm³/mol. The lowest BCUT2D eigenvalue weighted by Crippen LogP contribution is -2.50. The molecule has 0 saturated carbocycles. The van der Waals surface area contributed by atoms with Gasteiger partial charge in [-0.2, -0.15) is 0 Å². The van der Waals surface area contributed by atoms with Crippen LogP contribution in [0.2, 0.25) is 0 Å². The third-order valence-corrected chi connectivity index (χ3v) is 7.79. The first kappa shape index (κ1) is 19.3. The maximum Gasteiger partial charge on any atom is 0.227 e. The molecule has 4 aromatic rings. The maximum absolute atomic E-state index is 13.9. The number of fused-ring (bicyclic) bond motifs is 2. The summed E-state index contributed by atoms with van der Waals surface area (Å²) in [7, 11) is 0. The lowest BCUT2D eigenvalue weighted by Gasteiger charge is -2.51. The van der Waals surface area contributed by atoms with E-state index in [4.69, 9.17) is 0 Å². The van der Waals surface area contributed by atoms with E-state index in [9.17, 15) is 4.79 Å². The van der Waals surface area contributed by atoms with Gasteiger partial charge in [0.25, 0.3) is 0 Å². The second kappa shape index (κ2) is 7.06. The molecule has 0 aliphatic heterocycles. The van der Waals surface area contributed by atoms with E-state index in [-0.39, 0.29) is 23.8 Å². The fourth-order valence-electron chi connectivity index (χ4n) is 6.26. The molecule has 2 bridgehead atoms. The van der Waals surface area contributed by atoms with E-state index >= 15 is 0 Å². The third kappa shape index (κ3) is 2.69. The monoisotopic (exact) mass is 417 g/mol. The fourth-order valence-corrected chi connectivity index (χ4v) is 6.26. The van der Waals surface area contributed by atoms with E-state index in [1.165, 1.54) is 38.6 Å². The Balaban J connectivity index is 1.39. The Kier molecular flexibility index (Phi) is 4.26. The van der Waals surface area contributed by atoms with Crippen LogP contribution in [-0.4, -0.2) is 5.91 Å². The van der Waals surface area contributed by atoms with E-state index in [1.54, 1.807) is 0 Å². The minimum atomic E-state index is -0.480. The molecule has 1 amide bonds. The van der Waals surface area contributed by atoms with E-state index < -0.39 is 5.41 Å². The Morgan fingerprint density at radius 2 is 1.38 bits per heavy atom. The van der Waals surface area contributed by atoms with Crippen molar-refractivity contribution >= 4 is 16.7 Å². The SMILES string of the molecule is C[C@@H](NC(=O)C1(C)CC2c3ccccc3C1c1ccccc12)c1cccc2ccccc12. The normalized spacial score (nSPS) is 23.9. The Morgan fingerprint density at radius 1 is 0.812 bits per heavy atom. The maximum atomic E-state index is 13.9. The minimum Gasteiger partial charge on any atom is -0.349 e. The Labute approximate surface area is 189 Å². The highest BCUT2D eigenvalue weighted by Gasteiger charge is 2.53.